The molecule has 32 heavy (non-hydrogen) atoms. The Bertz CT molecular complexity index is 986. The molecule has 0 bridgehead atoms. The second kappa shape index (κ2) is 10.0. The highest BCUT2D eigenvalue weighted by molar-refractivity contribution is 6.45. The predicted octanol–water partition coefficient (Wildman–Crippen LogP) is 0.583. The number of nitrogens with one attached hydrogen (secondary N) is 1. The molecule has 10 heteroatoms. The Morgan fingerprint density at radius 3 is 2.78 bits per heavy atom. The van der Waals surface area contributed by atoms with Crippen molar-refractivity contribution in [3.63, 3.8) is 0 Å². The smallest absolute Gasteiger partial charge is 0.414 e. The van der Waals surface area contributed by atoms with Crippen LogP contribution in [0, 0.1) is 5.82 Å². The second-order valence-corrected chi connectivity index (χ2v) is 7.71. The van der Waals surface area contributed by atoms with Crippen molar-refractivity contribution >= 4 is 36.3 Å². The SMILES string of the molecule is O=C(Cc1cccc([B]O)c1)NC[C@H]1CN(c2ccc(N3CCOCC3)c(F)c2)C(=O)O1. The van der Waals surface area contributed by atoms with Gasteiger partial charge in [-0.1, -0.05) is 29.7 Å². The number of carbonyl (C=O) groups is 2. The molecule has 1 atom stereocenters. The highest BCUT2D eigenvalue weighted by Crippen LogP contribution is 2.28. The van der Waals surface area contributed by atoms with Crippen LogP contribution in [0.5, 0.6) is 0 Å². The van der Waals surface area contributed by atoms with Gasteiger partial charge >= 0.3 is 13.6 Å². The Hall–Kier alpha value is -3.11. The summed E-state index contributed by atoms with van der Waals surface area (Å²) in [6.45, 7) is 2.71. The third-order valence-electron chi connectivity index (χ3n) is 5.46. The number of carbonyl (C=O) groups excluding carboxylic acids is 2. The number of amides is 2. The number of hydrogen-bond acceptors (Lipinski definition) is 6. The highest BCUT2D eigenvalue weighted by atomic mass is 19.1. The second-order valence-electron chi connectivity index (χ2n) is 7.71. The van der Waals surface area contributed by atoms with E-state index < -0.39 is 18.0 Å². The van der Waals surface area contributed by atoms with Crippen LogP contribution >= 0.6 is 0 Å². The van der Waals surface area contributed by atoms with Crippen LogP contribution in [0.25, 0.3) is 0 Å². The number of hydrogen-bond donors (Lipinski definition) is 2. The van der Waals surface area contributed by atoms with Gasteiger partial charge in [0, 0.05) is 13.1 Å². The van der Waals surface area contributed by atoms with E-state index in [1.54, 1.807) is 36.4 Å². The first kappa shape index (κ1) is 22.1. The molecule has 2 aromatic carbocycles. The standard InChI is InChI=1S/C22H24BFN3O5/c24-19-12-17(4-5-20(19)26-6-8-31-9-7-26)27-14-18(32-22(27)29)13-25-21(28)11-15-2-1-3-16(10-15)23-30/h1-5,10,12,18,30H,6-9,11,13-14H2,(H,25,28)/t18-/m0/s1. The maximum atomic E-state index is 14.7. The number of benzene rings is 2. The van der Waals surface area contributed by atoms with Crippen LogP contribution in [0.15, 0.2) is 42.5 Å². The normalized spacial score (nSPS) is 18.4. The molecule has 2 aromatic rings. The molecule has 1 radical (unpaired) electrons. The van der Waals surface area contributed by atoms with Crippen LogP contribution in [0.1, 0.15) is 5.56 Å². The molecule has 0 unspecified atom stereocenters. The van der Waals surface area contributed by atoms with Crippen molar-refractivity contribution in [3.8, 4) is 0 Å². The number of ether oxygens (including phenoxy) is 2. The fraction of sp³-hybridized carbons (Fsp3) is 0.364. The molecule has 2 fully saturated rings. The first-order valence-corrected chi connectivity index (χ1v) is 10.5. The minimum atomic E-state index is -0.575. The quantitative estimate of drug-likeness (QED) is 0.613. The van der Waals surface area contributed by atoms with Crippen molar-refractivity contribution in [1.29, 1.82) is 0 Å². The van der Waals surface area contributed by atoms with E-state index in [0.29, 0.717) is 43.1 Å². The van der Waals surface area contributed by atoms with Crippen molar-refractivity contribution in [3.05, 3.63) is 53.8 Å². The Morgan fingerprint density at radius 2 is 2.03 bits per heavy atom. The molecule has 8 nitrogen and oxygen atoms in total. The van der Waals surface area contributed by atoms with E-state index in [2.05, 4.69) is 5.32 Å². The first-order valence-electron chi connectivity index (χ1n) is 10.5. The molecule has 4 rings (SSSR count). The van der Waals surface area contributed by atoms with Gasteiger partial charge < -0.3 is 24.7 Å². The highest BCUT2D eigenvalue weighted by Gasteiger charge is 2.33. The lowest BCUT2D eigenvalue weighted by Crippen LogP contribution is -2.37. The van der Waals surface area contributed by atoms with Gasteiger partial charge in [0.1, 0.15) is 11.9 Å². The Morgan fingerprint density at radius 1 is 1.22 bits per heavy atom. The fourth-order valence-corrected chi connectivity index (χ4v) is 3.82. The molecule has 167 valence electrons. The lowest BCUT2D eigenvalue weighted by atomic mass is 9.87. The van der Waals surface area contributed by atoms with Gasteiger partial charge in [0.05, 0.1) is 44.1 Å². The lowest BCUT2D eigenvalue weighted by molar-refractivity contribution is -0.120. The largest absolute Gasteiger partial charge is 0.450 e. The van der Waals surface area contributed by atoms with E-state index in [9.17, 15) is 14.0 Å². The summed E-state index contributed by atoms with van der Waals surface area (Å²) >= 11 is 0. The number of morpholine rings is 1. The van der Waals surface area contributed by atoms with Crippen molar-refractivity contribution in [2.24, 2.45) is 0 Å². The van der Waals surface area contributed by atoms with E-state index >= 15 is 0 Å². The minimum Gasteiger partial charge on any atom is -0.450 e. The molecule has 2 aliphatic heterocycles. The topological polar surface area (TPSA) is 91.3 Å². The van der Waals surface area contributed by atoms with Crippen molar-refractivity contribution in [2.45, 2.75) is 12.5 Å². The van der Waals surface area contributed by atoms with Crippen LogP contribution in [0.2, 0.25) is 0 Å². The van der Waals surface area contributed by atoms with E-state index in [-0.39, 0.29) is 25.4 Å². The van der Waals surface area contributed by atoms with Gasteiger partial charge in [-0.2, -0.15) is 0 Å². The number of cyclic esters (lactones) is 1. The summed E-state index contributed by atoms with van der Waals surface area (Å²) in [4.78, 5) is 27.8. The van der Waals surface area contributed by atoms with Crippen molar-refractivity contribution < 1.29 is 28.5 Å². The zero-order chi connectivity index (χ0) is 22.5. The number of anilines is 2. The Kier molecular flexibility index (Phi) is 6.91. The van der Waals surface area contributed by atoms with Crippen LogP contribution < -0.4 is 20.6 Å². The van der Waals surface area contributed by atoms with Crippen LogP contribution in [0.4, 0.5) is 20.6 Å². The number of rotatable bonds is 7. The molecular formula is C22H24BFN3O5. The summed E-state index contributed by atoms with van der Waals surface area (Å²) in [5, 5.41) is 11.8. The summed E-state index contributed by atoms with van der Waals surface area (Å²) in [5.41, 5.74) is 2.26. The molecule has 2 amide bonds. The zero-order valence-electron chi connectivity index (χ0n) is 17.5. The molecule has 0 spiro atoms. The molecule has 0 saturated carbocycles. The molecular weight excluding hydrogens is 416 g/mol. The Labute approximate surface area is 186 Å². The summed E-state index contributed by atoms with van der Waals surface area (Å²) in [6.07, 6.45) is -0.972. The van der Waals surface area contributed by atoms with Crippen molar-refractivity contribution in [2.75, 3.05) is 49.2 Å². The molecule has 2 saturated heterocycles. The molecule has 0 aromatic heterocycles. The van der Waals surface area contributed by atoms with Crippen molar-refractivity contribution in [1.82, 2.24) is 5.32 Å². The van der Waals surface area contributed by atoms with Gasteiger partial charge in [-0.25, -0.2) is 9.18 Å². The average Bonchev–Trinajstić information content (AvgIpc) is 3.19. The predicted molar refractivity (Wildman–Crippen MR) is 118 cm³/mol. The fourth-order valence-electron chi connectivity index (χ4n) is 3.82. The molecule has 2 aliphatic rings. The molecule has 2 N–H and O–H groups in total. The van der Waals surface area contributed by atoms with E-state index in [1.807, 2.05) is 4.90 Å². The van der Waals surface area contributed by atoms with Gasteiger partial charge in [-0.15, -0.1) is 0 Å². The Balaban J connectivity index is 1.31. The molecule has 2 heterocycles. The summed E-state index contributed by atoms with van der Waals surface area (Å²) in [7, 11) is 0.976. The van der Waals surface area contributed by atoms with Gasteiger partial charge in [-0.05, 0) is 23.8 Å². The first-order chi connectivity index (χ1) is 15.5. The number of halogens is 1. The van der Waals surface area contributed by atoms with E-state index in [0.717, 1.165) is 13.0 Å². The van der Waals surface area contributed by atoms with Gasteiger partial charge in [0.15, 0.2) is 0 Å². The van der Waals surface area contributed by atoms with Gasteiger partial charge in [0.2, 0.25) is 5.91 Å². The van der Waals surface area contributed by atoms with Gasteiger partial charge in [0.25, 0.3) is 0 Å². The zero-order valence-corrected chi connectivity index (χ0v) is 17.5. The maximum absolute atomic E-state index is 14.7. The van der Waals surface area contributed by atoms with E-state index in [4.69, 9.17) is 14.5 Å². The van der Waals surface area contributed by atoms with Crippen LogP contribution in [-0.4, -0.2) is 70.0 Å². The summed E-state index contributed by atoms with van der Waals surface area (Å²) in [6, 6.07) is 11.7. The lowest BCUT2D eigenvalue weighted by Gasteiger charge is -2.29. The summed E-state index contributed by atoms with van der Waals surface area (Å²) < 4.78 is 25.3. The molecule has 0 aliphatic carbocycles. The average molecular weight is 440 g/mol. The summed E-state index contributed by atoms with van der Waals surface area (Å²) in [5.74, 6) is -0.633. The maximum Gasteiger partial charge on any atom is 0.414 e. The number of nitrogens with zero attached hydrogens (tertiary/aromatic N) is 2. The monoisotopic (exact) mass is 440 g/mol. The van der Waals surface area contributed by atoms with E-state index in [1.165, 1.54) is 11.0 Å². The third kappa shape index (κ3) is 5.20. The third-order valence-corrected chi connectivity index (χ3v) is 5.46. The van der Waals surface area contributed by atoms with Crippen LogP contribution in [-0.2, 0) is 20.7 Å². The van der Waals surface area contributed by atoms with Gasteiger partial charge in [-0.3, -0.25) is 9.69 Å². The van der Waals surface area contributed by atoms with Crippen LogP contribution in [0.3, 0.4) is 0 Å². The minimum absolute atomic E-state index is 0.139.